The molecule has 0 radical (unpaired) electrons. The van der Waals surface area contributed by atoms with Crippen molar-refractivity contribution in [1.82, 2.24) is 15.3 Å². The van der Waals surface area contributed by atoms with Crippen molar-refractivity contribution < 1.29 is 19.5 Å². The number of nitrogens with zero attached hydrogens (tertiary/aromatic N) is 2. The van der Waals surface area contributed by atoms with Crippen molar-refractivity contribution in [1.29, 1.82) is 0 Å². The predicted molar refractivity (Wildman–Crippen MR) is 130 cm³/mol. The minimum absolute atomic E-state index is 0.108. The third-order valence-corrected chi connectivity index (χ3v) is 6.62. The summed E-state index contributed by atoms with van der Waals surface area (Å²) in [5.41, 5.74) is 6.68. The molecule has 180 valence electrons. The molecule has 1 saturated heterocycles. The Balaban J connectivity index is 1.36. The molecular formula is C27H33N3O4. The van der Waals surface area contributed by atoms with Gasteiger partial charge in [0.1, 0.15) is 0 Å². The quantitative estimate of drug-likeness (QED) is 0.508. The Labute approximate surface area is 201 Å². The van der Waals surface area contributed by atoms with Crippen LogP contribution in [0.2, 0.25) is 0 Å². The molecule has 7 nitrogen and oxygen atoms in total. The molecular weight excluding hydrogens is 430 g/mol. The molecule has 2 aromatic rings. The van der Waals surface area contributed by atoms with Gasteiger partial charge < -0.3 is 9.64 Å². The summed E-state index contributed by atoms with van der Waals surface area (Å²) in [6.45, 7) is 7.95. The van der Waals surface area contributed by atoms with Crippen LogP contribution in [-0.2, 0) is 22.5 Å². The maximum Gasteiger partial charge on any atom is 0.274 e. The zero-order valence-electron chi connectivity index (χ0n) is 19.9. The summed E-state index contributed by atoms with van der Waals surface area (Å²) in [4.78, 5) is 29.2. The third-order valence-electron chi connectivity index (χ3n) is 6.62. The Kier molecular flexibility index (Phi) is 7.77. The topological polar surface area (TPSA) is 82.1 Å². The second-order valence-electron chi connectivity index (χ2n) is 9.26. The van der Waals surface area contributed by atoms with Gasteiger partial charge in [-0.1, -0.05) is 42.5 Å². The van der Waals surface area contributed by atoms with Gasteiger partial charge in [0.15, 0.2) is 0 Å². The molecule has 4 rings (SSSR count). The van der Waals surface area contributed by atoms with Gasteiger partial charge in [-0.3, -0.25) is 19.7 Å². The van der Waals surface area contributed by atoms with Crippen LogP contribution in [0.15, 0.2) is 54.6 Å². The van der Waals surface area contributed by atoms with E-state index >= 15 is 0 Å². The summed E-state index contributed by atoms with van der Waals surface area (Å²) in [5.74, 6) is -0.354. The van der Waals surface area contributed by atoms with Gasteiger partial charge >= 0.3 is 0 Å². The lowest BCUT2D eigenvalue weighted by Crippen LogP contribution is -2.58. The van der Waals surface area contributed by atoms with Gasteiger partial charge in [0.2, 0.25) is 5.91 Å². The summed E-state index contributed by atoms with van der Waals surface area (Å²) in [6, 6.07) is 15.8. The number of ether oxygens (including phenoxy) is 1. The molecule has 2 unspecified atom stereocenters. The van der Waals surface area contributed by atoms with Crippen LogP contribution in [0.3, 0.4) is 0 Å². The molecule has 0 bridgehead atoms. The van der Waals surface area contributed by atoms with E-state index in [1.54, 1.807) is 17.6 Å². The molecule has 7 heteroatoms. The van der Waals surface area contributed by atoms with Crippen LogP contribution >= 0.6 is 0 Å². The summed E-state index contributed by atoms with van der Waals surface area (Å²) < 4.78 is 5.42. The number of hydrogen-bond donors (Lipinski definition) is 2. The van der Waals surface area contributed by atoms with Crippen LogP contribution in [0.25, 0.3) is 5.57 Å². The first-order valence-corrected chi connectivity index (χ1v) is 11.9. The Bertz CT molecular complexity index is 1040. The lowest BCUT2D eigenvalue weighted by Gasteiger charge is -2.44. The van der Waals surface area contributed by atoms with Gasteiger partial charge in [-0.05, 0) is 54.7 Å². The van der Waals surface area contributed by atoms with E-state index < -0.39 is 5.91 Å². The van der Waals surface area contributed by atoms with E-state index in [0.717, 1.165) is 43.8 Å². The number of carbonyl (C=O) groups is 2. The highest BCUT2D eigenvalue weighted by atomic mass is 16.5. The molecule has 2 aliphatic rings. The minimum Gasteiger partial charge on any atom is -0.377 e. The van der Waals surface area contributed by atoms with E-state index in [2.05, 4.69) is 37.0 Å². The van der Waals surface area contributed by atoms with Crippen molar-refractivity contribution >= 4 is 17.4 Å². The fourth-order valence-electron chi connectivity index (χ4n) is 5.07. The predicted octanol–water partition coefficient (Wildman–Crippen LogP) is 3.27. The largest absolute Gasteiger partial charge is 0.377 e. The van der Waals surface area contributed by atoms with Crippen LogP contribution in [-0.4, -0.2) is 65.2 Å². The summed E-state index contributed by atoms with van der Waals surface area (Å²) in [7, 11) is 0. The highest BCUT2D eigenvalue weighted by molar-refractivity contribution is 5.93. The van der Waals surface area contributed by atoms with Crippen LogP contribution < -0.4 is 5.48 Å². The van der Waals surface area contributed by atoms with Crippen molar-refractivity contribution in [2.24, 2.45) is 0 Å². The average molecular weight is 464 g/mol. The van der Waals surface area contributed by atoms with Gasteiger partial charge in [0, 0.05) is 37.3 Å². The zero-order valence-corrected chi connectivity index (χ0v) is 19.9. The Morgan fingerprint density at radius 2 is 1.79 bits per heavy atom. The molecule has 2 amide bonds. The maximum absolute atomic E-state index is 13.3. The first-order valence-electron chi connectivity index (χ1n) is 11.9. The smallest absolute Gasteiger partial charge is 0.274 e. The van der Waals surface area contributed by atoms with E-state index in [0.29, 0.717) is 18.6 Å². The summed E-state index contributed by atoms with van der Waals surface area (Å²) in [6.07, 6.45) is 3.44. The monoisotopic (exact) mass is 463 g/mol. The normalized spacial score (nSPS) is 21.1. The summed E-state index contributed by atoms with van der Waals surface area (Å²) >= 11 is 0. The van der Waals surface area contributed by atoms with Gasteiger partial charge in [0.05, 0.1) is 19.6 Å². The molecule has 2 aliphatic heterocycles. The van der Waals surface area contributed by atoms with Crippen molar-refractivity contribution in [2.75, 3.05) is 26.3 Å². The van der Waals surface area contributed by atoms with Crippen molar-refractivity contribution in [3.8, 4) is 0 Å². The first-order chi connectivity index (χ1) is 16.4. The molecule has 1 fully saturated rings. The lowest BCUT2D eigenvalue weighted by atomic mass is 9.98. The van der Waals surface area contributed by atoms with Gasteiger partial charge in [-0.15, -0.1) is 0 Å². The number of hydrogen-bond acceptors (Lipinski definition) is 5. The van der Waals surface area contributed by atoms with Crippen molar-refractivity contribution in [3.63, 3.8) is 0 Å². The van der Waals surface area contributed by atoms with E-state index in [4.69, 9.17) is 9.94 Å². The number of rotatable bonds is 6. The Morgan fingerprint density at radius 1 is 1.06 bits per heavy atom. The molecule has 34 heavy (non-hydrogen) atoms. The molecule has 2 aromatic carbocycles. The van der Waals surface area contributed by atoms with E-state index in [-0.39, 0.29) is 18.0 Å². The molecule has 0 saturated carbocycles. The van der Waals surface area contributed by atoms with Crippen LogP contribution in [0, 0.1) is 0 Å². The van der Waals surface area contributed by atoms with Crippen molar-refractivity contribution in [3.05, 3.63) is 76.9 Å². The standard InChI is InChI=1S/C27H33N3O4/c1-19-16-29(18-21-6-8-24(9-7-21)27(32)28-33)17-20(2)30(19)26(31)15-22-4-3-5-25(14-22)23-10-12-34-13-11-23/h3-10,14,19-20,33H,11-13,15-18H2,1-2H3,(H,28,32). The average Bonchev–Trinajstić information content (AvgIpc) is 2.84. The van der Waals surface area contributed by atoms with E-state index in [1.165, 1.54) is 11.1 Å². The number of carbonyl (C=O) groups excluding carboxylic acids is 2. The number of hydroxylamine groups is 1. The number of piperazine rings is 1. The first kappa shape index (κ1) is 24.1. The second-order valence-corrected chi connectivity index (χ2v) is 9.26. The molecule has 2 atom stereocenters. The fourth-order valence-corrected chi connectivity index (χ4v) is 5.07. The Morgan fingerprint density at radius 3 is 2.44 bits per heavy atom. The molecule has 0 aromatic heterocycles. The highest BCUT2D eigenvalue weighted by Gasteiger charge is 2.32. The summed E-state index contributed by atoms with van der Waals surface area (Å²) in [5, 5.41) is 8.77. The molecule has 2 N–H and O–H groups in total. The Hall–Kier alpha value is -3.00. The van der Waals surface area contributed by atoms with Gasteiger partial charge in [-0.25, -0.2) is 5.48 Å². The zero-order chi connectivity index (χ0) is 24.1. The molecule has 0 spiro atoms. The highest BCUT2D eigenvalue weighted by Crippen LogP contribution is 2.24. The molecule has 0 aliphatic carbocycles. The van der Waals surface area contributed by atoms with Crippen molar-refractivity contribution in [2.45, 2.75) is 45.3 Å². The van der Waals surface area contributed by atoms with Gasteiger partial charge in [-0.2, -0.15) is 0 Å². The van der Waals surface area contributed by atoms with Crippen LogP contribution in [0.1, 0.15) is 47.3 Å². The molecule has 2 heterocycles. The lowest BCUT2D eigenvalue weighted by molar-refractivity contribution is -0.138. The van der Waals surface area contributed by atoms with E-state index in [1.807, 2.05) is 29.2 Å². The fraction of sp³-hybridized carbons (Fsp3) is 0.407. The number of nitrogens with one attached hydrogen (secondary N) is 1. The SMILES string of the molecule is CC1CN(Cc2ccc(C(=O)NO)cc2)CC(C)N1C(=O)Cc1cccc(C2=CCOCC2)c1. The van der Waals surface area contributed by atoms with Crippen LogP contribution in [0.4, 0.5) is 0 Å². The third kappa shape index (κ3) is 5.73. The number of benzene rings is 2. The maximum atomic E-state index is 13.3. The van der Waals surface area contributed by atoms with Crippen LogP contribution in [0.5, 0.6) is 0 Å². The van der Waals surface area contributed by atoms with E-state index in [9.17, 15) is 9.59 Å². The number of amides is 2. The second kappa shape index (κ2) is 11.0. The minimum atomic E-state index is -0.518. The van der Waals surface area contributed by atoms with Gasteiger partial charge in [0.25, 0.3) is 5.91 Å².